The van der Waals surface area contributed by atoms with Crippen molar-refractivity contribution >= 4 is 17.5 Å². The maximum atomic E-state index is 12.8. The molecular weight excluding hydrogens is 420 g/mol. The Morgan fingerprint density at radius 2 is 1.55 bits per heavy atom. The number of carbonyl (C=O) groups excluding carboxylic acids is 2. The van der Waals surface area contributed by atoms with Crippen molar-refractivity contribution in [1.29, 1.82) is 0 Å². The van der Waals surface area contributed by atoms with Gasteiger partial charge in [-0.2, -0.15) is 5.10 Å². The van der Waals surface area contributed by atoms with Crippen LogP contribution < -0.4 is 10.9 Å². The van der Waals surface area contributed by atoms with E-state index in [4.69, 9.17) is 0 Å². The van der Waals surface area contributed by atoms with Crippen molar-refractivity contribution < 1.29 is 9.59 Å². The summed E-state index contributed by atoms with van der Waals surface area (Å²) in [4.78, 5) is 34.1. The van der Waals surface area contributed by atoms with Crippen molar-refractivity contribution in [2.45, 2.75) is 6.92 Å². The number of carbonyl (C=O) groups is 2. The highest BCUT2D eigenvalue weighted by molar-refractivity contribution is 6.02. The summed E-state index contributed by atoms with van der Waals surface area (Å²) in [5.74, 6) is -0.786. The molecule has 0 aliphatic heterocycles. The summed E-state index contributed by atoms with van der Waals surface area (Å²) in [6.45, 7) is 1.70. The predicted molar refractivity (Wildman–Crippen MR) is 119 cm³/mol. The lowest BCUT2D eigenvalue weighted by Gasteiger charge is -2.05. The fraction of sp³-hybridized carbons (Fsp3) is 0.0435. The first kappa shape index (κ1) is 20.1. The molecule has 0 unspecified atom stereocenters. The van der Waals surface area contributed by atoms with E-state index in [2.05, 4.69) is 31.0 Å². The van der Waals surface area contributed by atoms with Crippen LogP contribution in [0.4, 0.5) is 0 Å². The van der Waals surface area contributed by atoms with Crippen molar-refractivity contribution in [3.05, 3.63) is 96.2 Å². The van der Waals surface area contributed by atoms with Crippen LogP contribution in [0.25, 0.3) is 22.7 Å². The Bertz CT molecular complexity index is 1400. The van der Waals surface area contributed by atoms with E-state index in [1.807, 2.05) is 60.7 Å². The summed E-state index contributed by atoms with van der Waals surface area (Å²) in [6.07, 6.45) is 3.26. The molecule has 33 heavy (non-hydrogen) atoms. The summed E-state index contributed by atoms with van der Waals surface area (Å²) in [6, 6.07) is 20.5. The number of aryl methyl sites for hydroxylation is 1. The molecule has 2 aromatic carbocycles. The largest absolute Gasteiger partial charge is 0.309 e. The van der Waals surface area contributed by atoms with Gasteiger partial charge < -0.3 is 0 Å². The molecule has 2 N–H and O–H groups in total. The zero-order valence-corrected chi connectivity index (χ0v) is 17.5. The van der Waals surface area contributed by atoms with Crippen LogP contribution >= 0.6 is 0 Å². The van der Waals surface area contributed by atoms with Gasteiger partial charge in [0.25, 0.3) is 5.91 Å². The number of hydrogen-bond acceptors (Lipinski definition) is 6. The van der Waals surface area contributed by atoms with Crippen LogP contribution in [-0.4, -0.2) is 41.2 Å². The molecule has 0 aliphatic carbocycles. The van der Waals surface area contributed by atoms with Crippen molar-refractivity contribution in [1.82, 2.24) is 40.2 Å². The Balaban J connectivity index is 1.41. The van der Waals surface area contributed by atoms with Gasteiger partial charge in [-0.05, 0) is 25.1 Å². The maximum Gasteiger partial charge on any atom is 0.309 e. The minimum absolute atomic E-state index is 0.0901. The fourth-order valence-corrected chi connectivity index (χ4v) is 3.43. The molecule has 0 atom stereocenters. The number of para-hydroxylation sites is 1. The van der Waals surface area contributed by atoms with Gasteiger partial charge in [-0.3, -0.25) is 20.4 Å². The lowest BCUT2D eigenvalue weighted by Crippen LogP contribution is -2.42. The van der Waals surface area contributed by atoms with Gasteiger partial charge in [0.05, 0.1) is 11.4 Å². The second-order valence-corrected chi connectivity index (χ2v) is 7.13. The standard InChI is InChI=1S/C23H18N8O2/c1-15-18(21-24-13-8-14-30(21)28-15)22(32)26-27-23(33)19-25-20(16-9-4-2-5-10-16)31(29-19)17-11-6-3-7-12-17/h2-14H,1H3,(H,26,32)(H,27,33). The molecule has 0 bridgehead atoms. The number of hydrazine groups is 1. The number of aromatic nitrogens is 6. The van der Waals surface area contributed by atoms with Gasteiger partial charge in [0.1, 0.15) is 5.56 Å². The van der Waals surface area contributed by atoms with E-state index in [0.717, 1.165) is 11.3 Å². The van der Waals surface area contributed by atoms with Gasteiger partial charge >= 0.3 is 5.91 Å². The van der Waals surface area contributed by atoms with Gasteiger partial charge in [-0.15, -0.1) is 5.10 Å². The van der Waals surface area contributed by atoms with E-state index in [1.54, 1.807) is 30.1 Å². The van der Waals surface area contributed by atoms with E-state index in [1.165, 1.54) is 4.52 Å². The van der Waals surface area contributed by atoms with Crippen LogP contribution in [0.2, 0.25) is 0 Å². The van der Waals surface area contributed by atoms with E-state index in [0.29, 0.717) is 17.2 Å². The summed E-state index contributed by atoms with van der Waals surface area (Å²) in [5, 5.41) is 8.63. The van der Waals surface area contributed by atoms with E-state index in [-0.39, 0.29) is 11.4 Å². The lowest BCUT2D eigenvalue weighted by molar-refractivity contribution is 0.0841. The Labute approximate surface area is 187 Å². The van der Waals surface area contributed by atoms with Crippen LogP contribution in [0, 0.1) is 6.92 Å². The Morgan fingerprint density at radius 1 is 0.848 bits per heavy atom. The first-order valence-electron chi connectivity index (χ1n) is 10.1. The third kappa shape index (κ3) is 3.81. The molecule has 0 saturated carbocycles. The average molecular weight is 438 g/mol. The third-order valence-corrected chi connectivity index (χ3v) is 4.93. The normalized spacial score (nSPS) is 10.8. The van der Waals surface area contributed by atoms with Gasteiger partial charge in [0, 0.05) is 18.0 Å². The average Bonchev–Trinajstić information content (AvgIpc) is 3.44. The minimum atomic E-state index is -0.655. The molecule has 5 aromatic rings. The number of benzene rings is 2. The van der Waals surface area contributed by atoms with Crippen molar-refractivity contribution in [2.75, 3.05) is 0 Å². The molecule has 2 amide bonds. The molecule has 0 aliphatic rings. The monoisotopic (exact) mass is 438 g/mol. The molecule has 0 fully saturated rings. The number of nitrogens with zero attached hydrogens (tertiary/aromatic N) is 6. The second-order valence-electron chi connectivity index (χ2n) is 7.13. The number of fused-ring (bicyclic) bond motifs is 1. The summed E-state index contributed by atoms with van der Waals surface area (Å²) in [5.41, 5.74) is 7.47. The van der Waals surface area contributed by atoms with Gasteiger partial charge in [-0.1, -0.05) is 48.5 Å². The summed E-state index contributed by atoms with van der Waals surface area (Å²) < 4.78 is 3.09. The molecule has 3 heterocycles. The minimum Gasteiger partial charge on any atom is -0.267 e. The van der Waals surface area contributed by atoms with Crippen LogP contribution in [0.1, 0.15) is 26.7 Å². The van der Waals surface area contributed by atoms with Gasteiger partial charge in [0.15, 0.2) is 11.5 Å². The number of hydrogen-bond donors (Lipinski definition) is 2. The Morgan fingerprint density at radius 3 is 2.30 bits per heavy atom. The van der Waals surface area contributed by atoms with Gasteiger partial charge in [-0.25, -0.2) is 19.2 Å². The number of amides is 2. The Hall–Kier alpha value is -4.86. The van der Waals surface area contributed by atoms with Crippen molar-refractivity contribution in [3.63, 3.8) is 0 Å². The first-order valence-corrected chi connectivity index (χ1v) is 10.1. The molecule has 0 spiro atoms. The lowest BCUT2D eigenvalue weighted by atomic mass is 10.2. The van der Waals surface area contributed by atoms with Crippen LogP contribution in [0.15, 0.2) is 79.1 Å². The molecule has 3 aromatic heterocycles. The highest BCUT2D eigenvalue weighted by Gasteiger charge is 2.22. The fourth-order valence-electron chi connectivity index (χ4n) is 3.43. The third-order valence-electron chi connectivity index (χ3n) is 4.93. The molecule has 5 rings (SSSR count). The zero-order valence-electron chi connectivity index (χ0n) is 17.5. The summed E-state index contributed by atoms with van der Waals surface area (Å²) >= 11 is 0. The van der Waals surface area contributed by atoms with Gasteiger partial charge in [0.2, 0.25) is 5.82 Å². The van der Waals surface area contributed by atoms with Crippen LogP contribution in [0.5, 0.6) is 0 Å². The predicted octanol–water partition coefficient (Wildman–Crippen LogP) is 2.36. The molecule has 10 nitrogen and oxygen atoms in total. The Kier molecular flexibility index (Phi) is 5.07. The van der Waals surface area contributed by atoms with Crippen LogP contribution in [0.3, 0.4) is 0 Å². The zero-order chi connectivity index (χ0) is 22.8. The highest BCUT2D eigenvalue weighted by atomic mass is 16.2. The highest BCUT2D eigenvalue weighted by Crippen LogP contribution is 2.21. The smallest absolute Gasteiger partial charge is 0.267 e. The van der Waals surface area contributed by atoms with Crippen molar-refractivity contribution in [3.8, 4) is 17.1 Å². The van der Waals surface area contributed by atoms with E-state index in [9.17, 15) is 9.59 Å². The van der Waals surface area contributed by atoms with Crippen LogP contribution in [-0.2, 0) is 0 Å². The topological polar surface area (TPSA) is 119 Å². The molecular formula is C23H18N8O2. The molecule has 0 radical (unpaired) electrons. The quantitative estimate of drug-likeness (QED) is 0.416. The first-order chi connectivity index (χ1) is 16.1. The van der Waals surface area contributed by atoms with E-state index < -0.39 is 11.8 Å². The summed E-state index contributed by atoms with van der Waals surface area (Å²) in [7, 11) is 0. The molecule has 0 saturated heterocycles. The molecule has 162 valence electrons. The molecule has 10 heteroatoms. The maximum absolute atomic E-state index is 12.8. The SMILES string of the molecule is Cc1nn2cccnc2c1C(=O)NNC(=O)c1nc(-c2ccccc2)n(-c2ccccc2)n1. The van der Waals surface area contributed by atoms with E-state index >= 15 is 0 Å². The second kappa shape index (κ2) is 8.35. The van der Waals surface area contributed by atoms with Crippen molar-refractivity contribution in [2.24, 2.45) is 0 Å². The number of nitrogens with one attached hydrogen (secondary N) is 2. The number of rotatable bonds is 4.